The van der Waals surface area contributed by atoms with Crippen molar-refractivity contribution in [2.75, 3.05) is 13.7 Å². The fourth-order valence-corrected chi connectivity index (χ4v) is 1.70. The van der Waals surface area contributed by atoms with Crippen molar-refractivity contribution >= 4 is 6.09 Å². The molecule has 1 amide bonds. The molecule has 1 rings (SSSR count). The van der Waals surface area contributed by atoms with E-state index in [2.05, 4.69) is 5.32 Å². The van der Waals surface area contributed by atoms with Crippen LogP contribution in [0.4, 0.5) is 9.18 Å². The van der Waals surface area contributed by atoms with Gasteiger partial charge in [-0.3, -0.25) is 0 Å². The average Bonchev–Trinajstić information content (AvgIpc) is 2.42. The molecule has 7 heteroatoms. The Kier molecular flexibility index (Phi) is 6.13. The molecule has 0 saturated heterocycles. The zero-order valence-electron chi connectivity index (χ0n) is 13.1. The van der Waals surface area contributed by atoms with E-state index in [4.69, 9.17) is 9.47 Å². The Labute approximate surface area is 128 Å². The third kappa shape index (κ3) is 5.50. The van der Waals surface area contributed by atoms with Gasteiger partial charge in [-0.2, -0.15) is 0 Å². The van der Waals surface area contributed by atoms with Gasteiger partial charge in [0.2, 0.25) is 0 Å². The van der Waals surface area contributed by atoms with Gasteiger partial charge in [0.15, 0.2) is 11.6 Å². The Bertz CT molecular complexity index is 515. The van der Waals surface area contributed by atoms with E-state index in [1.54, 1.807) is 20.8 Å². The van der Waals surface area contributed by atoms with E-state index in [9.17, 15) is 19.4 Å². The lowest BCUT2D eigenvalue weighted by Crippen LogP contribution is -2.38. The number of aliphatic hydroxyl groups excluding tert-OH is 2. The summed E-state index contributed by atoms with van der Waals surface area (Å²) in [6.07, 6.45) is -3.37. The molecule has 1 aromatic carbocycles. The van der Waals surface area contributed by atoms with Crippen molar-refractivity contribution in [3.05, 3.63) is 29.6 Å². The zero-order valence-corrected chi connectivity index (χ0v) is 13.1. The van der Waals surface area contributed by atoms with Crippen molar-refractivity contribution < 1.29 is 28.9 Å². The van der Waals surface area contributed by atoms with E-state index in [1.807, 2.05) is 0 Å². The third-order valence-corrected chi connectivity index (χ3v) is 2.74. The van der Waals surface area contributed by atoms with Crippen LogP contribution in [-0.2, 0) is 4.74 Å². The van der Waals surface area contributed by atoms with Gasteiger partial charge in [-0.05, 0) is 38.5 Å². The Morgan fingerprint density at radius 3 is 2.50 bits per heavy atom. The van der Waals surface area contributed by atoms with E-state index in [0.717, 1.165) is 6.07 Å². The second-order valence-corrected chi connectivity index (χ2v) is 5.79. The summed E-state index contributed by atoms with van der Waals surface area (Å²) >= 11 is 0. The predicted octanol–water partition coefficient (Wildman–Crippen LogP) is 1.75. The number of ether oxygens (including phenoxy) is 2. The van der Waals surface area contributed by atoms with E-state index < -0.39 is 29.7 Å². The minimum atomic E-state index is -1.35. The molecule has 1 aromatic rings. The lowest BCUT2D eigenvalue weighted by atomic mass is 10.0. The minimum absolute atomic E-state index is 0.0392. The summed E-state index contributed by atoms with van der Waals surface area (Å²) in [6, 6.07) is 3.85. The summed E-state index contributed by atoms with van der Waals surface area (Å²) in [5, 5.41) is 22.2. The summed E-state index contributed by atoms with van der Waals surface area (Å²) in [4.78, 5) is 11.5. The van der Waals surface area contributed by atoms with Crippen molar-refractivity contribution in [2.24, 2.45) is 0 Å². The normalized spacial score (nSPS) is 14.1. The van der Waals surface area contributed by atoms with Gasteiger partial charge < -0.3 is 25.0 Å². The number of amides is 1. The maximum Gasteiger partial charge on any atom is 0.407 e. The topological polar surface area (TPSA) is 88.0 Å². The molecule has 0 radical (unpaired) electrons. The molecule has 0 heterocycles. The molecule has 0 aliphatic carbocycles. The zero-order chi connectivity index (χ0) is 16.9. The highest BCUT2D eigenvalue weighted by Crippen LogP contribution is 2.23. The van der Waals surface area contributed by atoms with Gasteiger partial charge in [-0.1, -0.05) is 6.07 Å². The fraction of sp³-hybridized carbons (Fsp3) is 0.533. The first-order valence-corrected chi connectivity index (χ1v) is 6.80. The summed E-state index contributed by atoms with van der Waals surface area (Å²) in [7, 11) is 1.33. The maximum absolute atomic E-state index is 13.6. The summed E-state index contributed by atoms with van der Waals surface area (Å²) in [5.74, 6) is -0.608. The predicted molar refractivity (Wildman–Crippen MR) is 78.2 cm³/mol. The number of hydrogen-bond acceptors (Lipinski definition) is 5. The number of hydrogen-bond donors (Lipinski definition) is 3. The molecule has 6 nitrogen and oxygen atoms in total. The standard InChI is InChI=1S/C15H22FNO5/c1-15(2,3)22-14(20)17-8-11(18)13(19)9-5-6-12(21-4)10(16)7-9/h5-7,11,13,18-19H,8H2,1-4H3,(H,17,20). The van der Waals surface area contributed by atoms with Crippen LogP contribution in [0.15, 0.2) is 18.2 Å². The largest absolute Gasteiger partial charge is 0.494 e. The number of methoxy groups -OCH3 is 1. The highest BCUT2D eigenvalue weighted by molar-refractivity contribution is 5.67. The Balaban J connectivity index is 2.60. The first-order chi connectivity index (χ1) is 10.1. The van der Waals surface area contributed by atoms with Crippen LogP contribution < -0.4 is 10.1 Å². The molecule has 2 unspecified atom stereocenters. The molecular formula is C15H22FNO5. The number of nitrogens with one attached hydrogen (secondary N) is 1. The lowest BCUT2D eigenvalue weighted by molar-refractivity contribution is 0.0128. The summed E-state index contributed by atoms with van der Waals surface area (Å²) < 4.78 is 23.3. The van der Waals surface area contributed by atoms with E-state index >= 15 is 0 Å². The Hall–Kier alpha value is -1.86. The summed E-state index contributed by atoms with van der Waals surface area (Å²) in [6.45, 7) is 4.89. The molecule has 2 atom stereocenters. The number of alkyl carbamates (subject to hydrolysis) is 1. The molecule has 3 N–H and O–H groups in total. The average molecular weight is 315 g/mol. The highest BCUT2D eigenvalue weighted by Gasteiger charge is 2.22. The van der Waals surface area contributed by atoms with Crippen molar-refractivity contribution in [3.63, 3.8) is 0 Å². The van der Waals surface area contributed by atoms with Crippen LogP contribution in [-0.4, -0.2) is 41.7 Å². The molecule has 124 valence electrons. The minimum Gasteiger partial charge on any atom is -0.494 e. The van der Waals surface area contributed by atoms with Crippen molar-refractivity contribution in [1.29, 1.82) is 0 Å². The van der Waals surface area contributed by atoms with Crippen LogP contribution in [0.25, 0.3) is 0 Å². The van der Waals surface area contributed by atoms with Crippen molar-refractivity contribution in [3.8, 4) is 5.75 Å². The fourth-order valence-electron chi connectivity index (χ4n) is 1.70. The summed E-state index contributed by atoms with van der Waals surface area (Å²) in [5.41, 5.74) is -0.482. The first kappa shape index (κ1) is 18.2. The van der Waals surface area contributed by atoms with Crippen LogP contribution >= 0.6 is 0 Å². The van der Waals surface area contributed by atoms with Crippen LogP contribution in [0.3, 0.4) is 0 Å². The smallest absolute Gasteiger partial charge is 0.407 e. The molecule has 0 bridgehead atoms. The van der Waals surface area contributed by atoms with Crippen LogP contribution in [0.1, 0.15) is 32.4 Å². The van der Waals surface area contributed by atoms with Gasteiger partial charge in [0, 0.05) is 6.54 Å². The number of halogens is 1. The third-order valence-electron chi connectivity index (χ3n) is 2.74. The molecular weight excluding hydrogens is 293 g/mol. The number of carbonyl (C=O) groups is 1. The van der Waals surface area contributed by atoms with Crippen molar-refractivity contribution in [2.45, 2.75) is 38.6 Å². The van der Waals surface area contributed by atoms with Gasteiger partial charge >= 0.3 is 6.09 Å². The monoisotopic (exact) mass is 315 g/mol. The van der Waals surface area contributed by atoms with Gasteiger partial charge in [0.05, 0.1) is 7.11 Å². The second-order valence-electron chi connectivity index (χ2n) is 5.79. The second kappa shape index (κ2) is 7.42. The SMILES string of the molecule is COc1ccc(C(O)C(O)CNC(=O)OC(C)(C)C)cc1F. The lowest BCUT2D eigenvalue weighted by Gasteiger charge is -2.22. The number of rotatable bonds is 5. The van der Waals surface area contributed by atoms with Crippen molar-refractivity contribution in [1.82, 2.24) is 5.32 Å². The van der Waals surface area contributed by atoms with Gasteiger partial charge in [-0.15, -0.1) is 0 Å². The molecule has 0 aromatic heterocycles. The number of carbonyl (C=O) groups excluding carboxylic acids is 1. The van der Waals surface area contributed by atoms with E-state index in [0.29, 0.717) is 0 Å². The number of aliphatic hydroxyl groups is 2. The van der Waals surface area contributed by atoms with E-state index in [1.165, 1.54) is 19.2 Å². The highest BCUT2D eigenvalue weighted by atomic mass is 19.1. The van der Waals surface area contributed by atoms with Gasteiger partial charge in [0.25, 0.3) is 0 Å². The molecule has 22 heavy (non-hydrogen) atoms. The molecule has 0 aliphatic heterocycles. The Morgan fingerprint density at radius 1 is 1.36 bits per heavy atom. The molecule has 0 fully saturated rings. The van der Waals surface area contributed by atoms with Gasteiger partial charge in [0.1, 0.15) is 17.8 Å². The Morgan fingerprint density at radius 2 is 2.00 bits per heavy atom. The van der Waals surface area contributed by atoms with Gasteiger partial charge in [-0.25, -0.2) is 9.18 Å². The molecule has 0 aliphatic rings. The quantitative estimate of drug-likeness (QED) is 0.770. The van der Waals surface area contributed by atoms with Crippen LogP contribution in [0, 0.1) is 5.82 Å². The first-order valence-electron chi connectivity index (χ1n) is 6.80. The van der Waals surface area contributed by atoms with Crippen LogP contribution in [0.2, 0.25) is 0 Å². The number of benzene rings is 1. The van der Waals surface area contributed by atoms with Crippen LogP contribution in [0.5, 0.6) is 5.75 Å². The molecule has 0 saturated carbocycles. The molecule has 0 spiro atoms. The van der Waals surface area contributed by atoms with E-state index in [-0.39, 0.29) is 17.9 Å². The maximum atomic E-state index is 13.6.